The zero-order chi connectivity index (χ0) is 18.4. The van der Waals surface area contributed by atoms with Gasteiger partial charge in [-0.1, -0.05) is 25.1 Å². The summed E-state index contributed by atoms with van der Waals surface area (Å²) in [6, 6.07) is 7.41. The number of amides is 1. The molecule has 136 valence electrons. The first kappa shape index (κ1) is 16.8. The van der Waals surface area contributed by atoms with Crippen LogP contribution in [0.1, 0.15) is 32.7 Å². The van der Waals surface area contributed by atoms with Crippen LogP contribution in [0, 0.1) is 5.92 Å². The number of piperidine rings is 1. The molecule has 1 aromatic carbocycles. The normalized spacial score (nSPS) is 19.2. The predicted octanol–water partition coefficient (Wildman–Crippen LogP) is 2.71. The second-order valence-electron chi connectivity index (χ2n) is 7.43. The molecule has 2 aromatic heterocycles. The highest BCUT2D eigenvalue weighted by atomic mass is 16.2. The minimum atomic E-state index is -0.433. The lowest BCUT2D eigenvalue weighted by atomic mass is 10.00. The van der Waals surface area contributed by atoms with Gasteiger partial charge in [-0.05, 0) is 31.7 Å². The lowest BCUT2D eigenvalue weighted by molar-refractivity contribution is -0.135. The molecule has 2 atom stereocenters. The fourth-order valence-electron chi connectivity index (χ4n) is 4.15. The molecule has 0 bridgehead atoms. The number of aromatic nitrogens is 3. The van der Waals surface area contributed by atoms with Crippen molar-refractivity contribution in [1.29, 1.82) is 0 Å². The molecule has 3 heterocycles. The second-order valence-corrected chi connectivity index (χ2v) is 7.43. The van der Waals surface area contributed by atoms with Gasteiger partial charge in [-0.3, -0.25) is 9.59 Å². The number of hydrogen-bond donors (Lipinski definition) is 0. The molecule has 6 heteroatoms. The van der Waals surface area contributed by atoms with E-state index >= 15 is 0 Å². The molecule has 3 aromatic rings. The van der Waals surface area contributed by atoms with Gasteiger partial charge in [0.2, 0.25) is 5.91 Å². The van der Waals surface area contributed by atoms with Crippen LogP contribution in [0.2, 0.25) is 0 Å². The third-order valence-corrected chi connectivity index (χ3v) is 5.52. The number of carbonyl (C=O) groups excluding carboxylic acids is 1. The zero-order valence-corrected chi connectivity index (χ0v) is 15.5. The molecular weight excluding hydrogens is 328 g/mol. The van der Waals surface area contributed by atoms with Crippen molar-refractivity contribution in [3.63, 3.8) is 0 Å². The van der Waals surface area contributed by atoms with E-state index in [1.807, 2.05) is 40.7 Å². The van der Waals surface area contributed by atoms with Crippen molar-refractivity contribution in [2.75, 3.05) is 13.1 Å². The Kier molecular flexibility index (Phi) is 4.05. The fourth-order valence-corrected chi connectivity index (χ4v) is 4.15. The minimum Gasteiger partial charge on any atom is -0.341 e. The van der Waals surface area contributed by atoms with Gasteiger partial charge in [0, 0.05) is 30.9 Å². The Balaban J connectivity index is 1.90. The molecule has 0 aliphatic carbocycles. The molecule has 6 nitrogen and oxygen atoms in total. The number of fused-ring (bicyclic) bond motifs is 3. The molecule has 1 amide bonds. The molecule has 1 aliphatic heterocycles. The standard InChI is InChI=1S/C20H24N4O2/c1-13-7-6-10-23(12-13)19(25)14(2)24-17-9-5-4-8-15(17)16-11-21-22(3)20(26)18(16)24/h4-5,8-9,11,13-14H,6-7,10,12H2,1-3H3/t13-,14-/m1/s1. The van der Waals surface area contributed by atoms with E-state index in [1.165, 1.54) is 11.1 Å². The summed E-state index contributed by atoms with van der Waals surface area (Å²) in [5, 5.41) is 5.93. The Morgan fingerprint density at radius 1 is 1.27 bits per heavy atom. The number of benzene rings is 1. The minimum absolute atomic E-state index is 0.0815. The summed E-state index contributed by atoms with van der Waals surface area (Å²) in [6.45, 7) is 5.67. The summed E-state index contributed by atoms with van der Waals surface area (Å²) in [7, 11) is 1.64. The van der Waals surface area contributed by atoms with Crippen LogP contribution < -0.4 is 5.56 Å². The van der Waals surface area contributed by atoms with Gasteiger partial charge in [-0.15, -0.1) is 0 Å². The highest BCUT2D eigenvalue weighted by molar-refractivity contribution is 6.08. The van der Waals surface area contributed by atoms with E-state index in [0.717, 1.165) is 35.8 Å². The van der Waals surface area contributed by atoms with Crippen molar-refractivity contribution < 1.29 is 4.79 Å². The third kappa shape index (κ3) is 2.52. The first-order chi connectivity index (χ1) is 12.5. The Morgan fingerprint density at radius 2 is 2.04 bits per heavy atom. The summed E-state index contributed by atoms with van der Waals surface area (Å²) >= 11 is 0. The zero-order valence-electron chi connectivity index (χ0n) is 15.5. The van der Waals surface area contributed by atoms with E-state index in [9.17, 15) is 9.59 Å². The number of carbonyl (C=O) groups is 1. The van der Waals surface area contributed by atoms with E-state index in [1.54, 1.807) is 13.2 Å². The van der Waals surface area contributed by atoms with Crippen molar-refractivity contribution in [1.82, 2.24) is 19.2 Å². The molecule has 0 unspecified atom stereocenters. The van der Waals surface area contributed by atoms with Crippen molar-refractivity contribution in [3.05, 3.63) is 40.8 Å². The summed E-state index contributed by atoms with van der Waals surface area (Å²) in [5.41, 5.74) is 1.28. The second kappa shape index (κ2) is 6.27. The molecule has 0 saturated carbocycles. The molecule has 26 heavy (non-hydrogen) atoms. The average molecular weight is 352 g/mol. The van der Waals surface area contributed by atoms with Crippen LogP contribution in [0.15, 0.2) is 35.3 Å². The number of nitrogens with zero attached hydrogens (tertiary/aromatic N) is 4. The molecule has 1 fully saturated rings. The van der Waals surface area contributed by atoms with Crippen LogP contribution in [-0.4, -0.2) is 38.2 Å². The largest absolute Gasteiger partial charge is 0.341 e. The smallest absolute Gasteiger partial charge is 0.291 e. The molecule has 0 N–H and O–H groups in total. The molecule has 0 radical (unpaired) electrons. The van der Waals surface area contributed by atoms with E-state index in [2.05, 4.69) is 12.0 Å². The quantitative estimate of drug-likeness (QED) is 0.712. The lowest BCUT2D eigenvalue weighted by Crippen LogP contribution is -2.42. The Morgan fingerprint density at radius 3 is 2.81 bits per heavy atom. The van der Waals surface area contributed by atoms with Crippen molar-refractivity contribution >= 4 is 27.7 Å². The highest BCUT2D eigenvalue weighted by Crippen LogP contribution is 2.30. The predicted molar refractivity (Wildman–Crippen MR) is 102 cm³/mol. The van der Waals surface area contributed by atoms with E-state index in [0.29, 0.717) is 11.4 Å². The first-order valence-electron chi connectivity index (χ1n) is 9.22. The van der Waals surface area contributed by atoms with E-state index < -0.39 is 6.04 Å². The van der Waals surface area contributed by atoms with Crippen LogP contribution in [0.25, 0.3) is 21.8 Å². The average Bonchev–Trinajstić information content (AvgIpc) is 2.98. The molecular formula is C20H24N4O2. The number of hydrogen-bond acceptors (Lipinski definition) is 3. The molecule has 4 rings (SSSR count). The van der Waals surface area contributed by atoms with Crippen molar-refractivity contribution in [3.8, 4) is 0 Å². The Labute approximate surface area is 152 Å². The van der Waals surface area contributed by atoms with Gasteiger partial charge in [-0.2, -0.15) is 5.10 Å². The highest BCUT2D eigenvalue weighted by Gasteiger charge is 2.28. The van der Waals surface area contributed by atoms with Crippen LogP contribution in [0.4, 0.5) is 0 Å². The monoisotopic (exact) mass is 352 g/mol. The summed E-state index contributed by atoms with van der Waals surface area (Å²) < 4.78 is 3.23. The number of aryl methyl sites for hydroxylation is 1. The number of likely N-dealkylation sites (tertiary alicyclic amines) is 1. The van der Waals surface area contributed by atoms with Gasteiger partial charge in [0.05, 0.1) is 11.7 Å². The fraction of sp³-hybridized carbons (Fsp3) is 0.450. The summed E-state index contributed by atoms with van der Waals surface area (Å²) in [4.78, 5) is 28.0. The third-order valence-electron chi connectivity index (χ3n) is 5.52. The van der Waals surface area contributed by atoms with Gasteiger partial charge < -0.3 is 9.47 Å². The topological polar surface area (TPSA) is 60.1 Å². The van der Waals surface area contributed by atoms with Crippen LogP contribution >= 0.6 is 0 Å². The molecule has 1 aliphatic rings. The Bertz CT molecular complexity index is 1050. The van der Waals surface area contributed by atoms with E-state index in [-0.39, 0.29) is 11.5 Å². The van der Waals surface area contributed by atoms with Crippen LogP contribution in [0.3, 0.4) is 0 Å². The summed E-state index contributed by atoms with van der Waals surface area (Å²) in [6.07, 6.45) is 3.92. The van der Waals surface area contributed by atoms with Crippen LogP contribution in [0.5, 0.6) is 0 Å². The Hall–Kier alpha value is -2.63. The van der Waals surface area contributed by atoms with Crippen molar-refractivity contribution in [2.24, 2.45) is 13.0 Å². The van der Waals surface area contributed by atoms with Gasteiger partial charge in [0.25, 0.3) is 5.56 Å². The maximum absolute atomic E-state index is 13.2. The van der Waals surface area contributed by atoms with E-state index in [4.69, 9.17) is 0 Å². The first-order valence-corrected chi connectivity index (χ1v) is 9.22. The van der Waals surface area contributed by atoms with Gasteiger partial charge >= 0.3 is 0 Å². The number of rotatable bonds is 2. The molecule has 1 saturated heterocycles. The van der Waals surface area contributed by atoms with Crippen molar-refractivity contribution in [2.45, 2.75) is 32.7 Å². The maximum Gasteiger partial charge on any atom is 0.291 e. The lowest BCUT2D eigenvalue weighted by Gasteiger charge is -2.33. The van der Waals surface area contributed by atoms with Gasteiger partial charge in [0.1, 0.15) is 11.6 Å². The SMILES string of the molecule is C[C@@H]1CCCN(C(=O)[C@@H](C)n2c3ccccc3c3cnn(C)c(=O)c32)C1. The van der Waals surface area contributed by atoms with Crippen LogP contribution in [-0.2, 0) is 11.8 Å². The van der Waals surface area contributed by atoms with Gasteiger partial charge in [-0.25, -0.2) is 4.68 Å². The maximum atomic E-state index is 13.2. The summed E-state index contributed by atoms with van der Waals surface area (Å²) in [5.74, 6) is 0.605. The van der Waals surface area contributed by atoms with Gasteiger partial charge in [0.15, 0.2) is 0 Å². The molecule has 0 spiro atoms. The number of para-hydroxylation sites is 1.